The van der Waals surface area contributed by atoms with Gasteiger partial charge in [0.25, 0.3) is 5.91 Å². The zero-order chi connectivity index (χ0) is 19.2. The highest BCUT2D eigenvalue weighted by Crippen LogP contribution is 2.28. The fraction of sp³-hybridized carbons (Fsp3) is 0.333. The number of rotatable bonds is 8. The van der Waals surface area contributed by atoms with Crippen LogP contribution in [-0.2, 0) is 11.2 Å². The summed E-state index contributed by atoms with van der Waals surface area (Å²) in [5, 5.41) is 0. The molecule has 2 heterocycles. The second-order valence-electron chi connectivity index (χ2n) is 6.20. The molecule has 0 N–H and O–H groups in total. The minimum atomic E-state index is -0.143. The molecule has 2 aromatic heterocycles. The maximum Gasteiger partial charge on any atom is 0.265 e. The maximum atomic E-state index is 12.7. The summed E-state index contributed by atoms with van der Waals surface area (Å²) in [6, 6.07) is 13.1. The molecule has 0 aliphatic carbocycles. The molecule has 3 aromatic rings. The average molecular weight is 367 g/mol. The van der Waals surface area contributed by atoms with Crippen molar-refractivity contribution < 1.29 is 14.3 Å². The van der Waals surface area contributed by atoms with Crippen molar-refractivity contribution in [1.29, 1.82) is 0 Å². The van der Waals surface area contributed by atoms with Crippen LogP contribution in [0.3, 0.4) is 0 Å². The van der Waals surface area contributed by atoms with Gasteiger partial charge in [0, 0.05) is 13.2 Å². The van der Waals surface area contributed by atoms with Crippen molar-refractivity contribution in [3.05, 3.63) is 54.4 Å². The van der Waals surface area contributed by atoms with E-state index in [1.54, 1.807) is 11.9 Å². The number of nitrogens with zero attached hydrogens (tertiary/aromatic N) is 3. The molecule has 0 unspecified atom stereocenters. The third kappa shape index (κ3) is 4.05. The minimum Gasteiger partial charge on any atom is -0.490 e. The molecular weight excluding hydrogens is 342 g/mol. The molecule has 0 aliphatic rings. The molecule has 0 saturated carbocycles. The molecule has 142 valence electrons. The summed E-state index contributed by atoms with van der Waals surface area (Å²) in [7, 11) is 1.75. The van der Waals surface area contributed by atoms with E-state index in [1.807, 2.05) is 60.0 Å². The predicted octanol–water partition coefficient (Wildman–Crippen LogP) is 3.73. The van der Waals surface area contributed by atoms with Crippen LogP contribution in [-0.4, -0.2) is 35.6 Å². The van der Waals surface area contributed by atoms with E-state index in [9.17, 15) is 4.79 Å². The second-order valence-corrected chi connectivity index (χ2v) is 6.20. The largest absolute Gasteiger partial charge is 0.490 e. The van der Waals surface area contributed by atoms with Crippen LogP contribution in [0.15, 0.2) is 48.7 Å². The first-order valence-corrected chi connectivity index (χ1v) is 9.22. The summed E-state index contributed by atoms with van der Waals surface area (Å²) >= 11 is 0. The first-order chi connectivity index (χ1) is 13.2. The highest BCUT2D eigenvalue weighted by atomic mass is 16.5. The number of carbonyl (C=O) groups is 1. The van der Waals surface area contributed by atoms with Gasteiger partial charge in [0.05, 0.1) is 12.3 Å². The fourth-order valence-electron chi connectivity index (χ4n) is 2.87. The van der Waals surface area contributed by atoms with Crippen molar-refractivity contribution in [3.63, 3.8) is 0 Å². The number of imidazole rings is 1. The lowest BCUT2D eigenvalue weighted by Crippen LogP contribution is -2.32. The number of likely N-dealkylation sites (N-methyl/N-ethyl adjacent to an activating group) is 1. The van der Waals surface area contributed by atoms with E-state index in [0.29, 0.717) is 18.8 Å². The Bertz CT molecular complexity index is 906. The minimum absolute atomic E-state index is 0.0388. The standard InChI is InChI=1S/C21H25N3O3/c1-4-14-26-18-12-9-13-24-20(18)22-17(5-2)21(24)23(3)19(25)15-27-16-10-7-6-8-11-16/h6-13H,4-5,14-15H2,1-3H3. The molecule has 0 atom stereocenters. The van der Waals surface area contributed by atoms with Crippen LogP contribution in [0, 0.1) is 0 Å². The van der Waals surface area contributed by atoms with Crippen LogP contribution in [0.2, 0.25) is 0 Å². The molecule has 0 radical (unpaired) electrons. The molecule has 27 heavy (non-hydrogen) atoms. The van der Waals surface area contributed by atoms with E-state index in [2.05, 4.69) is 6.92 Å². The second kappa shape index (κ2) is 8.58. The number of fused-ring (bicyclic) bond motifs is 1. The number of para-hydroxylation sites is 1. The van der Waals surface area contributed by atoms with Crippen molar-refractivity contribution in [2.75, 3.05) is 25.2 Å². The molecule has 0 bridgehead atoms. The van der Waals surface area contributed by atoms with Gasteiger partial charge in [-0.2, -0.15) is 0 Å². The first kappa shape index (κ1) is 18.8. The van der Waals surface area contributed by atoms with E-state index < -0.39 is 0 Å². The van der Waals surface area contributed by atoms with Crippen LogP contribution in [0.5, 0.6) is 11.5 Å². The van der Waals surface area contributed by atoms with Gasteiger partial charge >= 0.3 is 0 Å². The van der Waals surface area contributed by atoms with Crippen molar-refractivity contribution in [2.24, 2.45) is 0 Å². The van der Waals surface area contributed by atoms with E-state index >= 15 is 0 Å². The Balaban J connectivity index is 1.86. The Morgan fingerprint density at radius 2 is 1.89 bits per heavy atom. The summed E-state index contributed by atoms with van der Waals surface area (Å²) < 4.78 is 13.3. The number of hydrogen-bond acceptors (Lipinski definition) is 4. The Kier molecular flexibility index (Phi) is 5.96. The first-order valence-electron chi connectivity index (χ1n) is 9.22. The molecule has 0 aliphatic heterocycles. The summed E-state index contributed by atoms with van der Waals surface area (Å²) in [6.07, 6.45) is 3.53. The van der Waals surface area contributed by atoms with E-state index in [4.69, 9.17) is 14.5 Å². The Hall–Kier alpha value is -3.02. The highest BCUT2D eigenvalue weighted by Gasteiger charge is 2.22. The Labute approximate surface area is 159 Å². The molecule has 3 rings (SSSR count). The fourth-order valence-corrected chi connectivity index (χ4v) is 2.87. The molecule has 6 nitrogen and oxygen atoms in total. The maximum absolute atomic E-state index is 12.7. The number of hydrogen-bond donors (Lipinski definition) is 0. The number of ether oxygens (including phenoxy) is 2. The summed E-state index contributed by atoms with van der Waals surface area (Å²) in [5.41, 5.74) is 1.57. The number of amides is 1. The van der Waals surface area contributed by atoms with Crippen molar-refractivity contribution >= 4 is 17.4 Å². The smallest absolute Gasteiger partial charge is 0.265 e. The van der Waals surface area contributed by atoms with E-state index in [0.717, 1.165) is 29.3 Å². The summed E-state index contributed by atoms with van der Waals surface area (Å²) in [4.78, 5) is 19.0. The zero-order valence-electron chi connectivity index (χ0n) is 16.0. The van der Waals surface area contributed by atoms with Crippen LogP contribution >= 0.6 is 0 Å². The summed E-state index contributed by atoms with van der Waals surface area (Å²) in [6.45, 7) is 4.68. The normalized spacial score (nSPS) is 10.8. The van der Waals surface area contributed by atoms with Crippen molar-refractivity contribution in [1.82, 2.24) is 9.38 Å². The topological polar surface area (TPSA) is 56.1 Å². The van der Waals surface area contributed by atoms with Gasteiger partial charge in [-0.1, -0.05) is 32.0 Å². The number of benzene rings is 1. The Morgan fingerprint density at radius 1 is 1.11 bits per heavy atom. The monoisotopic (exact) mass is 367 g/mol. The summed E-state index contributed by atoms with van der Waals surface area (Å²) in [5.74, 6) is 2.00. The van der Waals surface area contributed by atoms with Gasteiger partial charge in [-0.05, 0) is 37.1 Å². The third-order valence-corrected chi connectivity index (χ3v) is 4.25. The Morgan fingerprint density at radius 3 is 2.59 bits per heavy atom. The van der Waals surface area contributed by atoms with E-state index in [-0.39, 0.29) is 12.5 Å². The lowest BCUT2D eigenvalue weighted by atomic mass is 10.3. The van der Waals surface area contributed by atoms with E-state index in [1.165, 1.54) is 0 Å². The molecular formula is C21H25N3O3. The lowest BCUT2D eigenvalue weighted by molar-refractivity contribution is -0.120. The molecule has 0 spiro atoms. The van der Waals surface area contributed by atoms with Gasteiger partial charge < -0.3 is 9.47 Å². The van der Waals surface area contributed by atoms with Crippen molar-refractivity contribution in [2.45, 2.75) is 26.7 Å². The van der Waals surface area contributed by atoms with Gasteiger partial charge in [-0.15, -0.1) is 0 Å². The quantitative estimate of drug-likeness (QED) is 0.609. The molecule has 1 aromatic carbocycles. The number of aryl methyl sites for hydroxylation is 1. The zero-order valence-corrected chi connectivity index (χ0v) is 16.0. The predicted molar refractivity (Wildman–Crippen MR) is 106 cm³/mol. The number of aromatic nitrogens is 2. The van der Waals surface area contributed by atoms with Crippen LogP contribution in [0.25, 0.3) is 5.65 Å². The average Bonchev–Trinajstić information content (AvgIpc) is 3.09. The highest BCUT2D eigenvalue weighted by molar-refractivity contribution is 5.94. The van der Waals surface area contributed by atoms with Crippen molar-refractivity contribution in [3.8, 4) is 11.5 Å². The number of anilines is 1. The molecule has 0 saturated heterocycles. The number of carbonyl (C=O) groups excluding carboxylic acids is 1. The third-order valence-electron chi connectivity index (χ3n) is 4.25. The molecule has 0 fully saturated rings. The SMILES string of the molecule is CCCOc1cccn2c(N(C)C(=O)COc3ccccc3)c(CC)nc12. The van der Waals surface area contributed by atoms with Crippen LogP contribution in [0.4, 0.5) is 5.82 Å². The molecule has 1 amide bonds. The van der Waals surface area contributed by atoms with Gasteiger partial charge in [-0.3, -0.25) is 14.1 Å². The van der Waals surface area contributed by atoms with Gasteiger partial charge in [0.15, 0.2) is 18.0 Å². The van der Waals surface area contributed by atoms with Crippen LogP contribution < -0.4 is 14.4 Å². The van der Waals surface area contributed by atoms with Gasteiger partial charge in [-0.25, -0.2) is 4.98 Å². The lowest BCUT2D eigenvalue weighted by Gasteiger charge is -2.18. The number of pyridine rings is 1. The van der Waals surface area contributed by atoms with Gasteiger partial charge in [0.2, 0.25) is 0 Å². The van der Waals surface area contributed by atoms with Gasteiger partial charge in [0.1, 0.15) is 11.6 Å². The molecule has 6 heteroatoms. The van der Waals surface area contributed by atoms with Crippen LogP contribution in [0.1, 0.15) is 26.0 Å².